The van der Waals surface area contributed by atoms with Gasteiger partial charge in [0.15, 0.2) is 0 Å². The second kappa shape index (κ2) is 8.08. The predicted octanol–water partition coefficient (Wildman–Crippen LogP) is 4.44. The molecule has 1 N–H and O–H groups in total. The zero-order valence-corrected chi connectivity index (χ0v) is 12.2. The third kappa shape index (κ3) is 6.21. The summed E-state index contributed by atoms with van der Waals surface area (Å²) in [7, 11) is 0. The van der Waals surface area contributed by atoms with Gasteiger partial charge in [-0.3, -0.25) is 0 Å². The molecule has 0 spiro atoms. The topological polar surface area (TPSA) is 29.5 Å². The minimum atomic E-state index is -4.40. The summed E-state index contributed by atoms with van der Waals surface area (Å²) >= 11 is 0. The van der Waals surface area contributed by atoms with Crippen LogP contribution in [-0.2, 0) is 6.18 Å². The average molecular weight is 302 g/mol. The van der Waals surface area contributed by atoms with Crippen LogP contribution in [0.5, 0.6) is 5.75 Å². The van der Waals surface area contributed by atoms with Gasteiger partial charge < -0.3 is 9.84 Å². The van der Waals surface area contributed by atoms with E-state index in [9.17, 15) is 18.3 Å². The second-order valence-corrected chi connectivity index (χ2v) is 4.87. The number of aliphatic hydroxyl groups excluding tert-OH is 1. The minimum Gasteiger partial charge on any atom is -0.491 e. The molecule has 0 unspecified atom stereocenters. The van der Waals surface area contributed by atoms with Gasteiger partial charge in [0.1, 0.15) is 18.5 Å². The van der Waals surface area contributed by atoms with Gasteiger partial charge in [-0.2, -0.15) is 13.2 Å². The highest BCUT2D eigenvalue weighted by Gasteiger charge is 2.30. The first-order valence-electron chi connectivity index (χ1n) is 7.03. The molecule has 0 saturated heterocycles. The Morgan fingerprint density at radius 2 is 1.86 bits per heavy atom. The molecule has 0 aliphatic heterocycles. The van der Waals surface area contributed by atoms with Crippen molar-refractivity contribution in [1.29, 1.82) is 0 Å². The molecule has 0 amide bonds. The molecule has 0 bridgehead atoms. The number of hydrogen-bond acceptors (Lipinski definition) is 2. The number of halogens is 3. The standard InChI is InChI=1S/C16H21F3O2/c1-3-12(4-2)8-9-14(20)11-21-15-7-5-6-13(10-15)16(17,18)19/h5-10,12,14,20H,3-4,11H2,1-2H3/b9-8+/t14-/m1/s1. The van der Waals surface area contributed by atoms with Gasteiger partial charge in [-0.15, -0.1) is 0 Å². The van der Waals surface area contributed by atoms with Gasteiger partial charge in [0.25, 0.3) is 0 Å². The lowest BCUT2D eigenvalue weighted by atomic mass is 10.0. The van der Waals surface area contributed by atoms with Crippen LogP contribution in [0.3, 0.4) is 0 Å². The number of aliphatic hydroxyl groups is 1. The highest BCUT2D eigenvalue weighted by atomic mass is 19.4. The van der Waals surface area contributed by atoms with Crippen molar-refractivity contribution in [3.8, 4) is 5.75 Å². The summed E-state index contributed by atoms with van der Waals surface area (Å²) in [6, 6.07) is 4.63. The van der Waals surface area contributed by atoms with Gasteiger partial charge in [0.05, 0.1) is 5.56 Å². The maximum absolute atomic E-state index is 12.5. The van der Waals surface area contributed by atoms with Crippen LogP contribution >= 0.6 is 0 Å². The van der Waals surface area contributed by atoms with Gasteiger partial charge in [-0.1, -0.05) is 32.1 Å². The van der Waals surface area contributed by atoms with Crippen LogP contribution in [0.2, 0.25) is 0 Å². The zero-order valence-electron chi connectivity index (χ0n) is 12.2. The lowest BCUT2D eigenvalue weighted by Gasteiger charge is -2.12. The van der Waals surface area contributed by atoms with Crippen molar-refractivity contribution in [2.45, 2.75) is 39.0 Å². The van der Waals surface area contributed by atoms with Gasteiger partial charge in [0.2, 0.25) is 0 Å². The highest BCUT2D eigenvalue weighted by molar-refractivity contribution is 5.30. The third-order valence-electron chi connectivity index (χ3n) is 3.24. The summed E-state index contributed by atoms with van der Waals surface area (Å²) in [6.07, 6.45) is 0.279. The number of ether oxygens (including phenoxy) is 1. The molecule has 0 aliphatic rings. The monoisotopic (exact) mass is 302 g/mol. The normalized spacial score (nSPS) is 13.9. The number of allylic oxidation sites excluding steroid dienone is 1. The van der Waals surface area contributed by atoms with Crippen LogP contribution in [0.1, 0.15) is 32.3 Å². The van der Waals surface area contributed by atoms with Crippen LogP contribution in [0.4, 0.5) is 13.2 Å². The van der Waals surface area contributed by atoms with E-state index in [1.54, 1.807) is 6.08 Å². The predicted molar refractivity (Wildman–Crippen MR) is 76.2 cm³/mol. The molecule has 1 aromatic carbocycles. The molecule has 1 aromatic rings. The van der Waals surface area contributed by atoms with E-state index in [1.165, 1.54) is 12.1 Å². The number of rotatable bonds is 7. The highest BCUT2D eigenvalue weighted by Crippen LogP contribution is 2.31. The fraction of sp³-hybridized carbons (Fsp3) is 0.500. The summed E-state index contributed by atoms with van der Waals surface area (Å²) < 4.78 is 42.8. The summed E-state index contributed by atoms with van der Waals surface area (Å²) in [4.78, 5) is 0. The molecular formula is C16H21F3O2. The van der Waals surface area contributed by atoms with E-state index in [0.717, 1.165) is 25.0 Å². The summed E-state index contributed by atoms with van der Waals surface area (Å²) in [5.41, 5.74) is -0.762. The molecule has 0 aromatic heterocycles. The lowest BCUT2D eigenvalue weighted by molar-refractivity contribution is -0.137. The molecule has 0 radical (unpaired) electrons. The number of benzene rings is 1. The summed E-state index contributed by atoms with van der Waals surface area (Å²) in [5.74, 6) is 0.494. The largest absolute Gasteiger partial charge is 0.491 e. The van der Waals surface area contributed by atoms with E-state index in [2.05, 4.69) is 13.8 Å². The average Bonchev–Trinajstić information content (AvgIpc) is 2.45. The quantitative estimate of drug-likeness (QED) is 0.755. The fourth-order valence-electron chi connectivity index (χ4n) is 1.85. The molecule has 21 heavy (non-hydrogen) atoms. The van der Waals surface area contributed by atoms with Crippen LogP contribution in [0, 0.1) is 5.92 Å². The smallest absolute Gasteiger partial charge is 0.416 e. The van der Waals surface area contributed by atoms with E-state index < -0.39 is 17.8 Å². The fourth-order valence-corrected chi connectivity index (χ4v) is 1.85. The van der Waals surface area contributed by atoms with E-state index in [-0.39, 0.29) is 12.4 Å². The van der Waals surface area contributed by atoms with Gasteiger partial charge in [0, 0.05) is 0 Å². The summed E-state index contributed by atoms with van der Waals surface area (Å²) in [5, 5.41) is 9.75. The van der Waals surface area contributed by atoms with Crippen molar-refractivity contribution in [3.63, 3.8) is 0 Å². The number of alkyl halides is 3. The molecule has 0 fully saturated rings. The van der Waals surface area contributed by atoms with Crippen molar-refractivity contribution < 1.29 is 23.0 Å². The Hall–Kier alpha value is -1.49. The Kier molecular flexibility index (Phi) is 6.75. The molecule has 0 saturated carbocycles. The molecule has 2 nitrogen and oxygen atoms in total. The minimum absolute atomic E-state index is 0.0715. The van der Waals surface area contributed by atoms with Gasteiger partial charge in [-0.05, 0) is 37.0 Å². The van der Waals surface area contributed by atoms with Crippen molar-refractivity contribution in [2.75, 3.05) is 6.61 Å². The molecular weight excluding hydrogens is 281 g/mol. The Balaban J connectivity index is 2.55. The van der Waals surface area contributed by atoms with Crippen molar-refractivity contribution >= 4 is 0 Å². The molecule has 0 heterocycles. The van der Waals surface area contributed by atoms with Crippen LogP contribution < -0.4 is 4.74 Å². The molecule has 5 heteroatoms. The Labute approximate surface area is 123 Å². The third-order valence-corrected chi connectivity index (χ3v) is 3.24. The molecule has 0 aliphatic carbocycles. The second-order valence-electron chi connectivity index (χ2n) is 4.87. The van der Waals surface area contributed by atoms with Crippen LogP contribution in [-0.4, -0.2) is 17.8 Å². The van der Waals surface area contributed by atoms with Crippen LogP contribution in [0.15, 0.2) is 36.4 Å². The van der Waals surface area contributed by atoms with Crippen molar-refractivity contribution in [1.82, 2.24) is 0 Å². The lowest BCUT2D eigenvalue weighted by Crippen LogP contribution is -2.15. The summed E-state index contributed by atoms with van der Waals surface area (Å²) in [6.45, 7) is 4.05. The number of hydrogen-bond donors (Lipinski definition) is 1. The van der Waals surface area contributed by atoms with Crippen molar-refractivity contribution in [3.05, 3.63) is 42.0 Å². The van der Waals surface area contributed by atoms with E-state index in [0.29, 0.717) is 5.92 Å². The zero-order chi connectivity index (χ0) is 15.9. The molecule has 1 rings (SSSR count). The first kappa shape index (κ1) is 17.6. The first-order chi connectivity index (χ1) is 9.86. The molecule has 1 atom stereocenters. The van der Waals surface area contributed by atoms with E-state index in [1.807, 2.05) is 6.08 Å². The SMILES string of the molecule is CCC(/C=C/[C@@H](O)COc1cccc(C(F)(F)F)c1)CC. The maximum atomic E-state index is 12.5. The van der Waals surface area contributed by atoms with Gasteiger partial charge in [-0.25, -0.2) is 0 Å². The molecule has 118 valence electrons. The Morgan fingerprint density at radius 1 is 1.19 bits per heavy atom. The van der Waals surface area contributed by atoms with E-state index >= 15 is 0 Å². The first-order valence-corrected chi connectivity index (χ1v) is 7.03. The van der Waals surface area contributed by atoms with Gasteiger partial charge >= 0.3 is 6.18 Å². The Morgan fingerprint density at radius 3 is 2.43 bits per heavy atom. The maximum Gasteiger partial charge on any atom is 0.416 e. The van der Waals surface area contributed by atoms with Crippen molar-refractivity contribution in [2.24, 2.45) is 5.92 Å². The Bertz CT molecular complexity index is 451. The van der Waals surface area contributed by atoms with Crippen LogP contribution in [0.25, 0.3) is 0 Å². The van der Waals surface area contributed by atoms with E-state index in [4.69, 9.17) is 4.74 Å².